The predicted molar refractivity (Wildman–Crippen MR) is 129 cm³/mol. The molecule has 0 aromatic heterocycles. The van der Waals surface area contributed by atoms with Crippen molar-refractivity contribution in [1.29, 1.82) is 0 Å². The van der Waals surface area contributed by atoms with Gasteiger partial charge in [-0.25, -0.2) is 9.69 Å². The van der Waals surface area contributed by atoms with Gasteiger partial charge in [0.1, 0.15) is 5.75 Å². The summed E-state index contributed by atoms with van der Waals surface area (Å²) in [4.78, 5) is 28.8. The van der Waals surface area contributed by atoms with E-state index in [1.807, 2.05) is 24.3 Å². The fourth-order valence-corrected chi connectivity index (χ4v) is 5.02. The quantitative estimate of drug-likeness (QED) is 0.603. The minimum absolute atomic E-state index is 0.0968. The second kappa shape index (κ2) is 10.5. The van der Waals surface area contributed by atoms with Crippen molar-refractivity contribution in [3.8, 4) is 5.75 Å². The lowest BCUT2D eigenvalue weighted by Crippen LogP contribution is -2.55. The molecule has 32 heavy (non-hydrogen) atoms. The number of para-hydroxylation sites is 1. The average molecular weight is 500 g/mol. The number of hydrogen-bond acceptors (Lipinski definition) is 4. The van der Waals surface area contributed by atoms with Gasteiger partial charge in [-0.3, -0.25) is 4.79 Å². The lowest BCUT2D eigenvalue weighted by Gasteiger charge is -2.35. The molecule has 0 bridgehead atoms. The maximum absolute atomic E-state index is 12.6. The monoisotopic (exact) mass is 499 g/mol. The van der Waals surface area contributed by atoms with Crippen molar-refractivity contribution in [3.05, 3.63) is 58.6 Å². The van der Waals surface area contributed by atoms with Gasteiger partial charge in [0.05, 0.1) is 12.8 Å². The summed E-state index contributed by atoms with van der Waals surface area (Å²) in [5, 5.41) is 3.02. The number of halogens is 1. The van der Waals surface area contributed by atoms with Gasteiger partial charge in [0.2, 0.25) is 5.91 Å². The number of amides is 3. The van der Waals surface area contributed by atoms with Crippen LogP contribution in [0.15, 0.2) is 53.0 Å². The van der Waals surface area contributed by atoms with Crippen LogP contribution < -0.4 is 15.0 Å². The number of hydrogen-bond donors (Lipinski definition) is 1. The Hall–Kier alpha value is -2.38. The molecule has 0 radical (unpaired) electrons. The number of anilines is 1. The van der Waals surface area contributed by atoms with Crippen molar-refractivity contribution in [2.24, 2.45) is 5.92 Å². The van der Waals surface area contributed by atoms with Crippen LogP contribution in [0.5, 0.6) is 5.75 Å². The van der Waals surface area contributed by atoms with Gasteiger partial charge in [-0.2, -0.15) is 0 Å². The first-order chi connectivity index (χ1) is 15.5. The van der Waals surface area contributed by atoms with Crippen LogP contribution in [0.25, 0.3) is 0 Å². The van der Waals surface area contributed by atoms with E-state index in [1.165, 1.54) is 10.5 Å². The maximum atomic E-state index is 12.6. The summed E-state index contributed by atoms with van der Waals surface area (Å²) in [6.45, 7) is 3.01. The van der Waals surface area contributed by atoms with Gasteiger partial charge in [0, 0.05) is 23.5 Å². The number of likely N-dealkylation sites (tertiary alicyclic amines) is 1. The second-order valence-corrected chi connectivity index (χ2v) is 9.50. The highest BCUT2D eigenvalue weighted by molar-refractivity contribution is 9.10. The zero-order chi connectivity index (χ0) is 22.5. The number of benzene rings is 2. The Balaban J connectivity index is 1.23. The van der Waals surface area contributed by atoms with E-state index in [0.29, 0.717) is 18.0 Å². The molecule has 6 nitrogen and oxygen atoms in total. The Labute approximate surface area is 198 Å². The van der Waals surface area contributed by atoms with Crippen LogP contribution >= 0.6 is 15.9 Å². The van der Waals surface area contributed by atoms with Crippen LogP contribution in [0.3, 0.4) is 0 Å². The first-order valence-electron chi connectivity index (χ1n) is 11.3. The molecule has 0 spiro atoms. The zero-order valence-corrected chi connectivity index (χ0v) is 20.0. The third-order valence-corrected chi connectivity index (χ3v) is 7.25. The molecule has 4 rings (SSSR count). The highest BCUT2D eigenvalue weighted by atomic mass is 79.9. The van der Waals surface area contributed by atoms with Crippen LogP contribution in [0, 0.1) is 5.92 Å². The Morgan fingerprint density at radius 2 is 1.84 bits per heavy atom. The summed E-state index contributed by atoms with van der Waals surface area (Å²) in [6, 6.07) is 14.8. The molecule has 2 heterocycles. The van der Waals surface area contributed by atoms with Crippen LogP contribution in [-0.4, -0.2) is 49.6 Å². The molecule has 1 N–H and O–H groups in total. The summed E-state index contributed by atoms with van der Waals surface area (Å²) in [7, 11) is 1.70. The van der Waals surface area contributed by atoms with Crippen LogP contribution in [0.4, 0.5) is 10.5 Å². The average Bonchev–Trinajstić information content (AvgIpc) is 2.80. The molecule has 1 atom stereocenters. The van der Waals surface area contributed by atoms with E-state index in [9.17, 15) is 9.59 Å². The summed E-state index contributed by atoms with van der Waals surface area (Å²) in [5.41, 5.74) is 1.92. The van der Waals surface area contributed by atoms with Crippen molar-refractivity contribution >= 4 is 33.6 Å². The molecule has 2 fully saturated rings. The SMILES string of the molecule is COc1ccc(Br)c(CC2CCN(CCC3CC(=O)N(c4ccccc4)C(=O)N3)CC2)c1. The Kier molecular flexibility index (Phi) is 7.48. The van der Waals surface area contributed by atoms with Gasteiger partial charge in [0.15, 0.2) is 0 Å². The van der Waals surface area contributed by atoms with Crippen LogP contribution in [0.2, 0.25) is 0 Å². The second-order valence-electron chi connectivity index (χ2n) is 8.65. The summed E-state index contributed by atoms with van der Waals surface area (Å²) >= 11 is 3.66. The van der Waals surface area contributed by atoms with E-state index in [2.05, 4.69) is 38.3 Å². The van der Waals surface area contributed by atoms with Gasteiger partial charge in [0.25, 0.3) is 0 Å². The molecule has 2 aliphatic heterocycles. The molecule has 0 aliphatic carbocycles. The van der Waals surface area contributed by atoms with Crippen LogP contribution in [-0.2, 0) is 11.2 Å². The maximum Gasteiger partial charge on any atom is 0.328 e. The number of piperidine rings is 1. The molecule has 1 unspecified atom stereocenters. The minimum atomic E-state index is -0.319. The fraction of sp³-hybridized carbons (Fsp3) is 0.440. The van der Waals surface area contributed by atoms with Gasteiger partial charge in [-0.1, -0.05) is 34.1 Å². The largest absolute Gasteiger partial charge is 0.497 e. The van der Waals surface area contributed by atoms with E-state index in [0.717, 1.165) is 55.5 Å². The van der Waals surface area contributed by atoms with Crippen molar-refractivity contribution in [2.45, 2.75) is 38.1 Å². The number of nitrogens with one attached hydrogen (secondary N) is 1. The molecule has 2 aromatic carbocycles. The standard InChI is InChI=1S/C25H30BrN3O3/c1-32-22-7-8-23(26)19(16-22)15-18-9-12-28(13-10-18)14-11-20-17-24(30)29(25(31)27-20)21-5-3-2-4-6-21/h2-8,16,18,20H,9-15,17H2,1H3,(H,27,31). The van der Waals surface area contributed by atoms with E-state index in [-0.39, 0.29) is 18.0 Å². The highest BCUT2D eigenvalue weighted by Gasteiger charge is 2.33. The van der Waals surface area contributed by atoms with Gasteiger partial charge >= 0.3 is 6.03 Å². The summed E-state index contributed by atoms with van der Waals surface area (Å²) < 4.78 is 6.51. The number of carbonyl (C=O) groups is 2. The van der Waals surface area contributed by atoms with Crippen molar-refractivity contribution in [1.82, 2.24) is 10.2 Å². The van der Waals surface area contributed by atoms with Gasteiger partial charge in [-0.15, -0.1) is 0 Å². The molecular formula is C25H30BrN3O3. The molecule has 0 saturated carbocycles. The molecule has 2 aliphatic rings. The third-order valence-electron chi connectivity index (χ3n) is 6.48. The molecule has 2 aromatic rings. The van der Waals surface area contributed by atoms with Gasteiger partial charge < -0.3 is 15.0 Å². The van der Waals surface area contributed by atoms with Gasteiger partial charge in [-0.05, 0) is 80.6 Å². The topological polar surface area (TPSA) is 61.9 Å². The predicted octanol–water partition coefficient (Wildman–Crippen LogP) is 4.62. The highest BCUT2D eigenvalue weighted by Crippen LogP contribution is 2.29. The number of urea groups is 1. The number of carbonyl (C=O) groups excluding carboxylic acids is 2. The fourth-order valence-electron chi connectivity index (χ4n) is 4.62. The number of nitrogens with zero attached hydrogens (tertiary/aromatic N) is 2. The van der Waals surface area contributed by atoms with Crippen molar-refractivity contribution in [3.63, 3.8) is 0 Å². The molecular weight excluding hydrogens is 470 g/mol. The Morgan fingerprint density at radius 1 is 1.09 bits per heavy atom. The lowest BCUT2D eigenvalue weighted by molar-refractivity contribution is -0.119. The molecule has 170 valence electrons. The molecule has 7 heteroatoms. The van der Waals surface area contributed by atoms with Crippen molar-refractivity contribution < 1.29 is 14.3 Å². The van der Waals surface area contributed by atoms with E-state index < -0.39 is 0 Å². The van der Waals surface area contributed by atoms with Crippen LogP contribution in [0.1, 0.15) is 31.2 Å². The summed E-state index contributed by atoms with van der Waals surface area (Å²) in [5.74, 6) is 1.42. The van der Waals surface area contributed by atoms with E-state index >= 15 is 0 Å². The smallest absolute Gasteiger partial charge is 0.328 e. The third kappa shape index (κ3) is 5.51. The normalized spacial score (nSPS) is 20.3. The zero-order valence-electron chi connectivity index (χ0n) is 18.4. The molecule has 2 saturated heterocycles. The number of methoxy groups -OCH3 is 1. The first-order valence-corrected chi connectivity index (χ1v) is 12.1. The number of rotatable bonds is 7. The Morgan fingerprint density at radius 3 is 2.53 bits per heavy atom. The van der Waals surface area contributed by atoms with E-state index in [4.69, 9.17) is 4.74 Å². The summed E-state index contributed by atoms with van der Waals surface area (Å²) in [6.07, 6.45) is 4.50. The number of imide groups is 1. The number of ether oxygens (including phenoxy) is 1. The van der Waals surface area contributed by atoms with Crippen molar-refractivity contribution in [2.75, 3.05) is 31.6 Å². The Bertz CT molecular complexity index is 927. The van der Waals surface area contributed by atoms with E-state index in [1.54, 1.807) is 19.2 Å². The minimum Gasteiger partial charge on any atom is -0.497 e. The lowest BCUT2D eigenvalue weighted by atomic mass is 9.90. The first kappa shape index (κ1) is 22.8. The molecule has 3 amide bonds.